The lowest BCUT2D eigenvalue weighted by Gasteiger charge is -2.12. The van der Waals surface area contributed by atoms with Crippen LogP contribution in [0, 0.1) is 0 Å². The SMILES string of the molecule is COc1cccc(-c2ccc(C=C3SC(=S)NC3=O)cn2)c1OC. The van der Waals surface area contributed by atoms with Crippen LogP contribution in [0.4, 0.5) is 0 Å². The third-order valence-electron chi connectivity index (χ3n) is 3.41. The fourth-order valence-corrected chi connectivity index (χ4v) is 3.36. The number of thiocarbonyl (C=S) groups is 1. The first-order valence-electron chi connectivity index (χ1n) is 7.04. The van der Waals surface area contributed by atoms with Crippen molar-refractivity contribution in [3.05, 3.63) is 47.0 Å². The van der Waals surface area contributed by atoms with E-state index in [9.17, 15) is 4.79 Å². The molecule has 1 fully saturated rings. The zero-order chi connectivity index (χ0) is 17.1. The molecule has 5 nitrogen and oxygen atoms in total. The number of rotatable bonds is 4. The Hall–Kier alpha value is -2.38. The van der Waals surface area contributed by atoms with Crippen LogP contribution in [-0.4, -0.2) is 29.4 Å². The van der Waals surface area contributed by atoms with Crippen LogP contribution in [0.1, 0.15) is 5.56 Å². The van der Waals surface area contributed by atoms with Crippen LogP contribution < -0.4 is 14.8 Å². The number of hydrogen-bond acceptors (Lipinski definition) is 6. The molecular formula is C17H14N2O3S2. The van der Waals surface area contributed by atoms with Crippen molar-refractivity contribution in [2.45, 2.75) is 0 Å². The minimum absolute atomic E-state index is 0.177. The smallest absolute Gasteiger partial charge is 0.263 e. The summed E-state index contributed by atoms with van der Waals surface area (Å²) >= 11 is 6.22. The number of carbonyl (C=O) groups excluding carboxylic acids is 1. The van der Waals surface area contributed by atoms with Crippen molar-refractivity contribution in [2.75, 3.05) is 14.2 Å². The molecule has 0 atom stereocenters. The van der Waals surface area contributed by atoms with Gasteiger partial charge in [-0.05, 0) is 29.8 Å². The van der Waals surface area contributed by atoms with Gasteiger partial charge in [0.1, 0.15) is 4.32 Å². The summed E-state index contributed by atoms with van der Waals surface area (Å²) < 4.78 is 11.2. The van der Waals surface area contributed by atoms with Gasteiger partial charge in [0.25, 0.3) is 5.91 Å². The molecule has 2 heterocycles. The largest absolute Gasteiger partial charge is 0.493 e. The van der Waals surface area contributed by atoms with Gasteiger partial charge in [-0.3, -0.25) is 9.78 Å². The van der Waals surface area contributed by atoms with Gasteiger partial charge in [0.15, 0.2) is 11.5 Å². The molecule has 0 radical (unpaired) electrons. The molecule has 0 unspecified atom stereocenters. The molecule has 1 aliphatic heterocycles. The Labute approximate surface area is 149 Å². The first-order chi connectivity index (χ1) is 11.6. The van der Waals surface area contributed by atoms with Crippen LogP contribution in [-0.2, 0) is 4.79 Å². The molecule has 1 aliphatic rings. The first kappa shape index (κ1) is 16.5. The Morgan fingerprint density at radius 1 is 1.21 bits per heavy atom. The normalized spacial score (nSPS) is 15.5. The van der Waals surface area contributed by atoms with Crippen LogP contribution >= 0.6 is 24.0 Å². The van der Waals surface area contributed by atoms with E-state index < -0.39 is 0 Å². The summed E-state index contributed by atoms with van der Waals surface area (Å²) in [5.74, 6) is 1.11. The summed E-state index contributed by atoms with van der Waals surface area (Å²) in [6.45, 7) is 0. The van der Waals surface area contributed by atoms with Crippen LogP contribution in [0.2, 0.25) is 0 Å². The van der Waals surface area contributed by atoms with E-state index in [1.807, 2.05) is 30.3 Å². The standard InChI is InChI=1S/C17H14N2O3S2/c1-21-13-5-3-4-11(15(13)22-2)12-7-6-10(9-18-12)8-14-16(20)19-17(23)24-14/h3-9H,1-2H3,(H,19,20,23). The number of hydrogen-bond donors (Lipinski definition) is 1. The van der Waals surface area contributed by atoms with Crippen molar-refractivity contribution in [1.29, 1.82) is 0 Å². The van der Waals surface area contributed by atoms with Crippen molar-refractivity contribution in [3.8, 4) is 22.8 Å². The summed E-state index contributed by atoms with van der Waals surface area (Å²) in [5, 5.41) is 2.59. The number of benzene rings is 1. The van der Waals surface area contributed by atoms with Crippen molar-refractivity contribution >= 4 is 40.3 Å². The van der Waals surface area contributed by atoms with Gasteiger partial charge < -0.3 is 14.8 Å². The maximum Gasteiger partial charge on any atom is 0.263 e. The predicted molar refractivity (Wildman–Crippen MR) is 99.1 cm³/mol. The Kier molecular flexibility index (Phi) is 4.82. The maximum atomic E-state index is 11.7. The number of carbonyl (C=O) groups is 1. The zero-order valence-corrected chi connectivity index (χ0v) is 14.7. The topological polar surface area (TPSA) is 60.5 Å². The van der Waals surface area contributed by atoms with Gasteiger partial charge in [-0.15, -0.1) is 0 Å². The molecule has 122 valence electrons. The molecule has 1 N–H and O–H groups in total. The average Bonchev–Trinajstić information content (AvgIpc) is 2.92. The van der Waals surface area contributed by atoms with Crippen molar-refractivity contribution in [3.63, 3.8) is 0 Å². The number of ether oxygens (including phenoxy) is 2. The molecule has 1 aromatic heterocycles. The number of pyridine rings is 1. The molecule has 1 amide bonds. The quantitative estimate of drug-likeness (QED) is 0.669. The molecule has 0 spiro atoms. The fraction of sp³-hybridized carbons (Fsp3) is 0.118. The van der Waals surface area contributed by atoms with E-state index in [0.717, 1.165) is 16.8 Å². The third kappa shape index (κ3) is 3.27. The molecule has 3 rings (SSSR count). The summed E-state index contributed by atoms with van der Waals surface area (Å²) in [6.07, 6.45) is 3.47. The molecule has 2 aromatic rings. The number of para-hydroxylation sites is 1. The summed E-state index contributed by atoms with van der Waals surface area (Å²) in [7, 11) is 3.19. The Balaban J connectivity index is 1.92. The highest BCUT2D eigenvalue weighted by molar-refractivity contribution is 8.26. The van der Waals surface area contributed by atoms with Crippen LogP contribution in [0.25, 0.3) is 17.3 Å². The number of nitrogens with zero attached hydrogens (tertiary/aromatic N) is 1. The minimum Gasteiger partial charge on any atom is -0.493 e. The molecular weight excluding hydrogens is 344 g/mol. The lowest BCUT2D eigenvalue weighted by molar-refractivity contribution is -0.115. The van der Waals surface area contributed by atoms with E-state index in [2.05, 4.69) is 10.3 Å². The summed E-state index contributed by atoms with van der Waals surface area (Å²) in [4.78, 5) is 16.7. The number of nitrogens with one attached hydrogen (secondary N) is 1. The minimum atomic E-state index is -0.177. The maximum absolute atomic E-state index is 11.7. The average molecular weight is 358 g/mol. The fourth-order valence-electron chi connectivity index (χ4n) is 2.31. The number of methoxy groups -OCH3 is 2. The molecule has 0 aliphatic carbocycles. The van der Waals surface area contributed by atoms with Gasteiger partial charge in [-0.25, -0.2) is 0 Å². The molecule has 7 heteroatoms. The highest BCUT2D eigenvalue weighted by Crippen LogP contribution is 2.37. The van der Waals surface area contributed by atoms with Gasteiger partial charge >= 0.3 is 0 Å². The lowest BCUT2D eigenvalue weighted by Crippen LogP contribution is -2.17. The Bertz CT molecular complexity index is 832. The molecule has 0 bridgehead atoms. The molecule has 1 aromatic carbocycles. The second-order valence-electron chi connectivity index (χ2n) is 4.87. The number of amides is 1. The summed E-state index contributed by atoms with van der Waals surface area (Å²) in [6, 6.07) is 9.40. The molecule has 0 saturated carbocycles. The van der Waals surface area contributed by atoms with E-state index in [1.165, 1.54) is 11.8 Å². The van der Waals surface area contributed by atoms with Crippen molar-refractivity contribution in [2.24, 2.45) is 0 Å². The van der Waals surface area contributed by atoms with E-state index in [1.54, 1.807) is 26.5 Å². The van der Waals surface area contributed by atoms with E-state index >= 15 is 0 Å². The second kappa shape index (κ2) is 7.02. The Morgan fingerprint density at radius 3 is 2.62 bits per heavy atom. The van der Waals surface area contributed by atoms with Gasteiger partial charge in [-0.2, -0.15) is 0 Å². The number of aromatic nitrogens is 1. The Morgan fingerprint density at radius 2 is 2.04 bits per heavy atom. The van der Waals surface area contributed by atoms with E-state index in [0.29, 0.717) is 20.7 Å². The molecule has 1 saturated heterocycles. The lowest BCUT2D eigenvalue weighted by atomic mass is 10.1. The van der Waals surface area contributed by atoms with Crippen molar-refractivity contribution in [1.82, 2.24) is 10.3 Å². The summed E-state index contributed by atoms with van der Waals surface area (Å²) in [5.41, 5.74) is 2.42. The van der Waals surface area contributed by atoms with E-state index in [-0.39, 0.29) is 5.91 Å². The van der Waals surface area contributed by atoms with Crippen molar-refractivity contribution < 1.29 is 14.3 Å². The highest BCUT2D eigenvalue weighted by atomic mass is 32.2. The van der Waals surface area contributed by atoms with Crippen LogP contribution in [0.3, 0.4) is 0 Å². The predicted octanol–water partition coefficient (Wildman–Crippen LogP) is 3.25. The number of thioether (sulfide) groups is 1. The van der Waals surface area contributed by atoms with Gasteiger partial charge in [-0.1, -0.05) is 36.1 Å². The van der Waals surface area contributed by atoms with Gasteiger partial charge in [0.2, 0.25) is 0 Å². The molecule has 24 heavy (non-hydrogen) atoms. The van der Waals surface area contributed by atoms with Gasteiger partial charge in [0, 0.05) is 11.8 Å². The monoisotopic (exact) mass is 358 g/mol. The van der Waals surface area contributed by atoms with Crippen LogP contribution in [0.5, 0.6) is 11.5 Å². The second-order valence-corrected chi connectivity index (χ2v) is 6.59. The first-order valence-corrected chi connectivity index (χ1v) is 8.27. The zero-order valence-electron chi connectivity index (χ0n) is 13.0. The van der Waals surface area contributed by atoms with Gasteiger partial charge in [0.05, 0.1) is 24.8 Å². The highest BCUT2D eigenvalue weighted by Gasteiger charge is 2.22. The van der Waals surface area contributed by atoms with Crippen LogP contribution in [0.15, 0.2) is 41.4 Å². The van der Waals surface area contributed by atoms with E-state index in [4.69, 9.17) is 21.7 Å². The third-order valence-corrected chi connectivity index (χ3v) is 4.57.